The van der Waals surface area contributed by atoms with Gasteiger partial charge in [-0.05, 0) is 33.6 Å². The van der Waals surface area contributed by atoms with Gasteiger partial charge in [0.1, 0.15) is 12.3 Å². The zero-order valence-corrected chi connectivity index (χ0v) is 14.0. The van der Waals surface area contributed by atoms with Crippen molar-refractivity contribution in [2.24, 2.45) is 0 Å². The number of carbonyl (C=O) groups excluding carboxylic acids is 1. The second kappa shape index (κ2) is 6.10. The summed E-state index contributed by atoms with van der Waals surface area (Å²) in [5.74, 6) is 0.556. The van der Waals surface area contributed by atoms with Crippen LogP contribution in [0.3, 0.4) is 0 Å². The maximum absolute atomic E-state index is 12.7. The largest absolute Gasteiger partial charge is 0.361 e. The Bertz CT molecular complexity index is 873. The molecule has 1 amide bonds. The fraction of sp³-hybridized carbons (Fsp3) is 0.500. The maximum atomic E-state index is 12.7. The highest BCUT2D eigenvalue weighted by molar-refractivity contribution is 5.77. The van der Waals surface area contributed by atoms with Crippen LogP contribution in [-0.4, -0.2) is 32.1 Å². The molecule has 0 spiro atoms. The van der Waals surface area contributed by atoms with Crippen molar-refractivity contribution in [1.29, 1.82) is 0 Å². The van der Waals surface area contributed by atoms with Crippen LogP contribution < -0.4 is 11.2 Å². The van der Waals surface area contributed by atoms with Crippen LogP contribution in [0.25, 0.3) is 0 Å². The molecule has 1 aliphatic rings. The van der Waals surface area contributed by atoms with Crippen LogP contribution in [0.4, 0.5) is 0 Å². The maximum Gasteiger partial charge on any atom is 0.328 e. The molecule has 0 bridgehead atoms. The first kappa shape index (κ1) is 16.2. The van der Waals surface area contributed by atoms with Crippen molar-refractivity contribution in [1.82, 2.24) is 19.6 Å². The summed E-state index contributed by atoms with van der Waals surface area (Å²) < 4.78 is 6.46. The molecule has 8 heteroatoms. The molecule has 0 aliphatic carbocycles. The summed E-state index contributed by atoms with van der Waals surface area (Å²) in [6.07, 6.45) is 3.15. The number of likely N-dealkylation sites (tertiary alicyclic amines) is 1. The van der Waals surface area contributed by atoms with E-state index in [2.05, 4.69) is 10.1 Å². The minimum atomic E-state index is -0.577. The lowest BCUT2D eigenvalue weighted by Gasteiger charge is -2.25. The van der Waals surface area contributed by atoms with E-state index in [-0.39, 0.29) is 18.5 Å². The van der Waals surface area contributed by atoms with Crippen molar-refractivity contribution in [3.05, 3.63) is 49.6 Å². The van der Waals surface area contributed by atoms with Gasteiger partial charge < -0.3 is 9.42 Å². The molecule has 3 rings (SSSR count). The minimum Gasteiger partial charge on any atom is -0.361 e. The van der Waals surface area contributed by atoms with Crippen molar-refractivity contribution in [2.45, 2.75) is 46.2 Å². The highest BCUT2D eigenvalue weighted by Gasteiger charge is 2.33. The molecule has 0 radical (unpaired) electrons. The molecular weight excluding hydrogens is 312 g/mol. The van der Waals surface area contributed by atoms with Crippen molar-refractivity contribution in [3.8, 4) is 0 Å². The number of aryl methyl sites for hydroxylation is 3. The fourth-order valence-corrected chi connectivity index (χ4v) is 3.30. The number of aromatic amines is 1. The number of aromatic nitrogens is 3. The zero-order valence-electron chi connectivity index (χ0n) is 14.0. The van der Waals surface area contributed by atoms with E-state index in [0.29, 0.717) is 17.9 Å². The van der Waals surface area contributed by atoms with Crippen molar-refractivity contribution < 1.29 is 9.32 Å². The smallest absolute Gasteiger partial charge is 0.328 e. The first-order valence-electron chi connectivity index (χ1n) is 7.91. The van der Waals surface area contributed by atoms with Crippen LogP contribution in [-0.2, 0) is 11.3 Å². The standard InChI is InChI=1S/C16H20N4O4/c1-9-7-19(16(23)17-15(9)22)8-13(21)20-6-4-5-12(20)14-10(2)18-24-11(14)3/h7,12H,4-6,8H2,1-3H3,(H,17,22,23)/t12-/m1/s1. The number of H-pyrrole nitrogens is 1. The Labute approximate surface area is 138 Å². The molecule has 1 fully saturated rings. The van der Waals surface area contributed by atoms with E-state index in [1.807, 2.05) is 13.8 Å². The quantitative estimate of drug-likeness (QED) is 0.896. The summed E-state index contributed by atoms with van der Waals surface area (Å²) in [5, 5.41) is 3.97. The fourth-order valence-electron chi connectivity index (χ4n) is 3.30. The van der Waals surface area contributed by atoms with E-state index in [0.717, 1.165) is 24.1 Å². The van der Waals surface area contributed by atoms with Gasteiger partial charge in [-0.15, -0.1) is 0 Å². The van der Waals surface area contributed by atoms with Gasteiger partial charge >= 0.3 is 5.69 Å². The molecule has 3 heterocycles. The summed E-state index contributed by atoms with van der Waals surface area (Å²) in [6, 6.07) is -0.0803. The average molecular weight is 332 g/mol. The molecule has 0 saturated carbocycles. The van der Waals surface area contributed by atoms with Gasteiger partial charge in [-0.1, -0.05) is 5.16 Å². The summed E-state index contributed by atoms with van der Waals surface area (Å²) >= 11 is 0. The molecule has 8 nitrogen and oxygen atoms in total. The molecule has 0 unspecified atom stereocenters. The molecule has 128 valence electrons. The number of nitrogens with one attached hydrogen (secondary N) is 1. The summed E-state index contributed by atoms with van der Waals surface area (Å²) in [4.78, 5) is 40.0. The number of nitrogens with zero attached hydrogens (tertiary/aromatic N) is 3. The number of hydrogen-bond acceptors (Lipinski definition) is 5. The van der Waals surface area contributed by atoms with E-state index < -0.39 is 11.2 Å². The van der Waals surface area contributed by atoms with Gasteiger partial charge in [0.05, 0.1) is 11.7 Å². The Hall–Kier alpha value is -2.64. The van der Waals surface area contributed by atoms with Crippen molar-refractivity contribution in [3.63, 3.8) is 0 Å². The molecule has 2 aromatic rings. The van der Waals surface area contributed by atoms with E-state index in [4.69, 9.17) is 4.52 Å². The Kier molecular flexibility index (Phi) is 4.13. The highest BCUT2D eigenvalue weighted by Crippen LogP contribution is 2.35. The molecule has 1 N–H and O–H groups in total. The van der Waals surface area contributed by atoms with Crippen LogP contribution in [0.2, 0.25) is 0 Å². The lowest BCUT2D eigenvalue weighted by molar-refractivity contribution is -0.132. The molecule has 1 saturated heterocycles. The Morgan fingerprint density at radius 2 is 2.12 bits per heavy atom. The molecule has 2 aromatic heterocycles. The van der Waals surface area contributed by atoms with Crippen LogP contribution in [0.5, 0.6) is 0 Å². The summed E-state index contributed by atoms with van der Waals surface area (Å²) in [6.45, 7) is 5.83. The molecular formula is C16H20N4O4. The van der Waals surface area contributed by atoms with Gasteiger partial charge in [-0.3, -0.25) is 19.1 Å². The van der Waals surface area contributed by atoms with Gasteiger partial charge in [-0.2, -0.15) is 0 Å². The molecule has 1 atom stereocenters. The van der Waals surface area contributed by atoms with E-state index in [1.165, 1.54) is 10.8 Å². The Morgan fingerprint density at radius 1 is 1.38 bits per heavy atom. The minimum absolute atomic E-state index is 0.0803. The monoisotopic (exact) mass is 332 g/mol. The van der Waals surface area contributed by atoms with Crippen molar-refractivity contribution in [2.75, 3.05) is 6.54 Å². The first-order valence-corrected chi connectivity index (χ1v) is 7.91. The van der Waals surface area contributed by atoms with Crippen LogP contribution in [0.1, 0.15) is 41.5 Å². The third kappa shape index (κ3) is 2.79. The predicted octanol–water partition coefficient (Wildman–Crippen LogP) is 0.814. The second-order valence-corrected chi connectivity index (χ2v) is 6.18. The highest BCUT2D eigenvalue weighted by atomic mass is 16.5. The van der Waals surface area contributed by atoms with E-state index >= 15 is 0 Å². The lowest BCUT2D eigenvalue weighted by atomic mass is 10.0. The summed E-state index contributed by atoms with van der Waals surface area (Å²) in [7, 11) is 0. The van der Waals surface area contributed by atoms with Crippen LogP contribution in [0, 0.1) is 20.8 Å². The van der Waals surface area contributed by atoms with E-state index in [9.17, 15) is 14.4 Å². The van der Waals surface area contributed by atoms with Crippen molar-refractivity contribution >= 4 is 5.91 Å². The third-order valence-corrected chi connectivity index (χ3v) is 4.49. The molecule has 1 aliphatic heterocycles. The second-order valence-electron chi connectivity index (χ2n) is 6.18. The topological polar surface area (TPSA) is 101 Å². The predicted molar refractivity (Wildman–Crippen MR) is 85.7 cm³/mol. The van der Waals surface area contributed by atoms with E-state index in [1.54, 1.807) is 11.8 Å². The number of rotatable bonds is 3. The number of carbonyl (C=O) groups is 1. The lowest BCUT2D eigenvalue weighted by Crippen LogP contribution is -2.38. The van der Waals surface area contributed by atoms with Crippen LogP contribution >= 0.6 is 0 Å². The molecule has 0 aromatic carbocycles. The number of hydrogen-bond donors (Lipinski definition) is 1. The summed E-state index contributed by atoms with van der Waals surface area (Å²) in [5.41, 5.74) is 1.12. The third-order valence-electron chi connectivity index (χ3n) is 4.49. The van der Waals surface area contributed by atoms with Crippen LogP contribution in [0.15, 0.2) is 20.3 Å². The first-order chi connectivity index (χ1) is 11.4. The Balaban J connectivity index is 1.86. The van der Waals surface area contributed by atoms with Gasteiger partial charge in [0, 0.05) is 23.9 Å². The van der Waals surface area contributed by atoms with Gasteiger partial charge in [0.2, 0.25) is 5.91 Å². The van der Waals surface area contributed by atoms with Gasteiger partial charge in [-0.25, -0.2) is 4.79 Å². The number of amides is 1. The Morgan fingerprint density at radius 3 is 2.79 bits per heavy atom. The normalized spacial score (nSPS) is 17.5. The molecule has 24 heavy (non-hydrogen) atoms. The average Bonchev–Trinajstić information content (AvgIpc) is 3.11. The van der Waals surface area contributed by atoms with Gasteiger partial charge in [0.25, 0.3) is 5.56 Å². The zero-order chi connectivity index (χ0) is 17.4. The van der Waals surface area contributed by atoms with Gasteiger partial charge in [0.15, 0.2) is 0 Å². The SMILES string of the molecule is Cc1noc(C)c1[C@H]1CCCN1C(=O)Cn1cc(C)c(=O)[nH]c1=O.